The molecule has 1 amide bonds. The molecule has 1 N–H and O–H groups in total. The Morgan fingerprint density at radius 1 is 0.929 bits per heavy atom. The van der Waals surface area contributed by atoms with Gasteiger partial charge in [-0.25, -0.2) is 4.79 Å². The zero-order valence-corrected chi connectivity index (χ0v) is 15.4. The van der Waals surface area contributed by atoms with Gasteiger partial charge in [0, 0.05) is 23.4 Å². The lowest BCUT2D eigenvalue weighted by atomic mass is 10.1. The van der Waals surface area contributed by atoms with E-state index in [0.29, 0.717) is 22.7 Å². The molecular formula is C20H17NO7. The molecule has 0 aliphatic rings. The van der Waals surface area contributed by atoms with E-state index in [1.165, 1.54) is 33.5 Å². The van der Waals surface area contributed by atoms with Gasteiger partial charge in [0.05, 0.1) is 26.7 Å². The molecule has 0 unspecified atom stereocenters. The fraction of sp³-hybridized carbons (Fsp3) is 0.150. The van der Waals surface area contributed by atoms with Crippen molar-refractivity contribution in [2.24, 2.45) is 0 Å². The summed E-state index contributed by atoms with van der Waals surface area (Å²) >= 11 is 0. The minimum Gasteiger partial charge on any atom is -0.497 e. The zero-order chi connectivity index (χ0) is 20.3. The Hall–Kier alpha value is -3.81. The molecule has 28 heavy (non-hydrogen) atoms. The van der Waals surface area contributed by atoms with Crippen molar-refractivity contribution in [2.75, 3.05) is 26.6 Å². The van der Waals surface area contributed by atoms with Gasteiger partial charge >= 0.3 is 5.97 Å². The van der Waals surface area contributed by atoms with Gasteiger partial charge in [0.15, 0.2) is 5.43 Å². The van der Waals surface area contributed by atoms with Crippen molar-refractivity contribution in [3.63, 3.8) is 0 Å². The summed E-state index contributed by atoms with van der Waals surface area (Å²) < 4.78 is 20.3. The number of rotatable bonds is 5. The van der Waals surface area contributed by atoms with Gasteiger partial charge in [-0.15, -0.1) is 0 Å². The minimum atomic E-state index is -0.747. The summed E-state index contributed by atoms with van der Waals surface area (Å²) in [5.41, 5.74) is 0.483. The molecular weight excluding hydrogens is 366 g/mol. The van der Waals surface area contributed by atoms with Crippen LogP contribution in [0.2, 0.25) is 0 Å². The van der Waals surface area contributed by atoms with Crippen molar-refractivity contribution >= 4 is 28.5 Å². The topological polar surface area (TPSA) is 104 Å². The Balaban J connectivity index is 1.92. The number of benzene rings is 2. The smallest absolute Gasteiger partial charge is 0.374 e. The number of carbonyl (C=O) groups excluding carboxylic acids is 2. The quantitative estimate of drug-likeness (QED) is 0.676. The van der Waals surface area contributed by atoms with E-state index < -0.39 is 17.3 Å². The van der Waals surface area contributed by atoms with Crippen molar-refractivity contribution in [3.8, 4) is 11.5 Å². The Bertz CT molecular complexity index is 1090. The van der Waals surface area contributed by atoms with E-state index >= 15 is 0 Å². The van der Waals surface area contributed by atoms with Gasteiger partial charge < -0.3 is 23.9 Å². The van der Waals surface area contributed by atoms with Crippen molar-refractivity contribution in [1.82, 2.24) is 0 Å². The number of nitrogens with one attached hydrogen (secondary N) is 1. The molecule has 1 aromatic heterocycles. The highest BCUT2D eigenvalue weighted by Crippen LogP contribution is 2.24. The van der Waals surface area contributed by atoms with Crippen LogP contribution in [-0.4, -0.2) is 33.2 Å². The maximum Gasteiger partial charge on any atom is 0.374 e. The third kappa shape index (κ3) is 3.80. The lowest BCUT2D eigenvalue weighted by Gasteiger charge is -2.10. The third-order valence-corrected chi connectivity index (χ3v) is 3.99. The van der Waals surface area contributed by atoms with E-state index in [0.717, 1.165) is 6.07 Å². The first-order valence-electron chi connectivity index (χ1n) is 8.16. The van der Waals surface area contributed by atoms with Crippen LogP contribution in [0.1, 0.15) is 20.9 Å². The van der Waals surface area contributed by atoms with Crippen LogP contribution in [0.4, 0.5) is 5.69 Å². The number of carbonyl (C=O) groups is 2. The van der Waals surface area contributed by atoms with Gasteiger partial charge in [0.2, 0.25) is 5.76 Å². The first-order valence-corrected chi connectivity index (χ1v) is 8.16. The van der Waals surface area contributed by atoms with E-state index in [2.05, 4.69) is 10.1 Å². The number of fused-ring (bicyclic) bond motifs is 1. The molecule has 3 rings (SSSR count). The summed E-state index contributed by atoms with van der Waals surface area (Å²) in [5.74, 6) is -0.409. The second kappa shape index (κ2) is 7.83. The molecule has 0 fully saturated rings. The lowest BCUT2D eigenvalue weighted by Crippen LogP contribution is -2.13. The predicted molar refractivity (Wildman–Crippen MR) is 101 cm³/mol. The van der Waals surface area contributed by atoms with Crippen LogP contribution in [0.3, 0.4) is 0 Å². The average molecular weight is 383 g/mol. The molecule has 2 aromatic carbocycles. The molecule has 0 radical (unpaired) electrons. The Labute approximate surface area is 159 Å². The standard InChI is InChI=1S/C20H17NO7/c1-25-13-6-11(7-14(9-13)26-2)19(23)21-12-4-5-17-15(8-12)16(22)10-18(28-17)20(24)27-3/h4-10H,1-3H3,(H,21,23). The second-order valence-corrected chi connectivity index (χ2v) is 5.73. The van der Waals surface area contributed by atoms with Gasteiger partial charge in [-0.2, -0.15) is 0 Å². The number of esters is 1. The van der Waals surface area contributed by atoms with Crippen molar-refractivity contribution < 1.29 is 28.2 Å². The van der Waals surface area contributed by atoms with Gasteiger partial charge in [-0.3, -0.25) is 9.59 Å². The Kier molecular flexibility index (Phi) is 5.30. The fourth-order valence-electron chi connectivity index (χ4n) is 2.58. The van der Waals surface area contributed by atoms with Gasteiger partial charge in [-0.05, 0) is 30.3 Å². The van der Waals surface area contributed by atoms with Crippen LogP contribution in [0.15, 0.2) is 51.7 Å². The molecule has 1 heterocycles. The molecule has 8 heteroatoms. The average Bonchev–Trinajstić information content (AvgIpc) is 2.72. The first-order chi connectivity index (χ1) is 13.4. The number of ether oxygens (including phenoxy) is 3. The molecule has 0 saturated carbocycles. The second-order valence-electron chi connectivity index (χ2n) is 5.73. The van der Waals surface area contributed by atoms with Crippen LogP contribution < -0.4 is 20.2 Å². The third-order valence-electron chi connectivity index (χ3n) is 3.99. The molecule has 0 bridgehead atoms. The molecule has 0 saturated heterocycles. The lowest BCUT2D eigenvalue weighted by molar-refractivity contribution is 0.0565. The summed E-state index contributed by atoms with van der Waals surface area (Å²) in [5, 5.41) is 2.92. The van der Waals surface area contributed by atoms with Crippen LogP contribution in [0.5, 0.6) is 11.5 Å². The van der Waals surface area contributed by atoms with E-state index in [4.69, 9.17) is 13.9 Å². The zero-order valence-electron chi connectivity index (χ0n) is 15.4. The van der Waals surface area contributed by atoms with E-state index in [1.807, 2.05) is 0 Å². The minimum absolute atomic E-state index is 0.194. The van der Waals surface area contributed by atoms with Gasteiger partial charge in [0.25, 0.3) is 5.91 Å². The number of hydrogen-bond donors (Lipinski definition) is 1. The van der Waals surface area contributed by atoms with Crippen LogP contribution in [0.25, 0.3) is 11.0 Å². The van der Waals surface area contributed by atoms with Crippen molar-refractivity contribution in [3.05, 3.63) is 64.0 Å². The Morgan fingerprint density at radius 3 is 2.21 bits per heavy atom. The highest BCUT2D eigenvalue weighted by molar-refractivity contribution is 6.05. The van der Waals surface area contributed by atoms with Gasteiger partial charge in [-0.1, -0.05) is 0 Å². The predicted octanol–water partition coefficient (Wildman–Crippen LogP) is 2.85. The highest BCUT2D eigenvalue weighted by atomic mass is 16.5. The maximum absolute atomic E-state index is 12.6. The maximum atomic E-state index is 12.6. The SMILES string of the molecule is COC(=O)c1cc(=O)c2cc(NC(=O)c3cc(OC)cc(OC)c3)ccc2o1. The van der Waals surface area contributed by atoms with E-state index in [1.54, 1.807) is 24.3 Å². The molecule has 0 aliphatic heterocycles. The van der Waals surface area contributed by atoms with Crippen LogP contribution in [-0.2, 0) is 4.74 Å². The largest absolute Gasteiger partial charge is 0.497 e. The molecule has 0 atom stereocenters. The number of methoxy groups -OCH3 is 3. The normalized spacial score (nSPS) is 10.4. The first kappa shape index (κ1) is 19.0. The summed E-state index contributed by atoms with van der Waals surface area (Å²) in [6.45, 7) is 0. The van der Waals surface area contributed by atoms with Crippen LogP contribution in [0, 0.1) is 0 Å². The van der Waals surface area contributed by atoms with Crippen molar-refractivity contribution in [1.29, 1.82) is 0 Å². The molecule has 144 valence electrons. The van der Waals surface area contributed by atoms with E-state index in [-0.39, 0.29) is 16.7 Å². The summed E-state index contributed by atoms with van der Waals surface area (Å²) in [7, 11) is 4.17. The summed E-state index contributed by atoms with van der Waals surface area (Å²) in [6.07, 6.45) is 0. The fourth-order valence-corrected chi connectivity index (χ4v) is 2.58. The number of anilines is 1. The molecule has 3 aromatic rings. The van der Waals surface area contributed by atoms with Crippen molar-refractivity contribution in [2.45, 2.75) is 0 Å². The summed E-state index contributed by atoms with van der Waals surface area (Å²) in [6, 6.07) is 10.3. The van der Waals surface area contributed by atoms with E-state index in [9.17, 15) is 14.4 Å². The highest BCUT2D eigenvalue weighted by Gasteiger charge is 2.14. The number of amides is 1. The molecule has 0 aliphatic carbocycles. The monoisotopic (exact) mass is 383 g/mol. The Morgan fingerprint density at radius 2 is 1.61 bits per heavy atom. The van der Waals surface area contributed by atoms with Gasteiger partial charge in [0.1, 0.15) is 17.1 Å². The number of hydrogen-bond acceptors (Lipinski definition) is 7. The molecule has 0 spiro atoms. The molecule has 8 nitrogen and oxygen atoms in total. The summed E-state index contributed by atoms with van der Waals surface area (Å²) in [4.78, 5) is 36.4. The van der Waals surface area contributed by atoms with Crippen LogP contribution >= 0.6 is 0 Å².